The number of anilines is 3. The Kier molecular flexibility index (Phi) is 5.93. The fourth-order valence-electron chi connectivity index (χ4n) is 2.33. The van der Waals surface area contributed by atoms with E-state index in [4.69, 9.17) is 23.2 Å². The van der Waals surface area contributed by atoms with Crippen molar-refractivity contribution in [1.29, 1.82) is 0 Å². The SMILES string of the molecule is C[C@@H](CO)Nc1nc(Nc2ccc(Cl)cc2Cl)cc(-c2ccccc2)n1. The third-order valence-electron chi connectivity index (χ3n) is 3.64. The topological polar surface area (TPSA) is 70.1 Å². The molecule has 0 bridgehead atoms. The number of aliphatic hydroxyl groups excluding tert-OH is 1. The molecular formula is C19H18Cl2N4O. The molecule has 3 rings (SSSR count). The highest BCUT2D eigenvalue weighted by molar-refractivity contribution is 6.36. The number of aliphatic hydroxyl groups is 1. The zero-order valence-electron chi connectivity index (χ0n) is 14.1. The number of nitrogens with zero attached hydrogens (tertiary/aromatic N) is 2. The van der Waals surface area contributed by atoms with E-state index in [2.05, 4.69) is 20.6 Å². The Morgan fingerprint density at radius 1 is 1.04 bits per heavy atom. The summed E-state index contributed by atoms with van der Waals surface area (Å²) >= 11 is 12.2. The summed E-state index contributed by atoms with van der Waals surface area (Å²) in [6.07, 6.45) is 0. The molecule has 0 aliphatic rings. The molecule has 5 nitrogen and oxygen atoms in total. The quantitative estimate of drug-likeness (QED) is 0.554. The lowest BCUT2D eigenvalue weighted by atomic mass is 10.1. The Bertz CT molecular complexity index is 890. The average molecular weight is 389 g/mol. The van der Waals surface area contributed by atoms with Crippen molar-refractivity contribution in [2.45, 2.75) is 13.0 Å². The number of rotatable bonds is 6. The molecule has 3 N–H and O–H groups in total. The van der Waals surface area contributed by atoms with Crippen molar-refractivity contribution < 1.29 is 5.11 Å². The largest absolute Gasteiger partial charge is 0.394 e. The van der Waals surface area contributed by atoms with Gasteiger partial charge in [-0.3, -0.25) is 0 Å². The first-order valence-corrected chi connectivity index (χ1v) is 8.84. The van der Waals surface area contributed by atoms with Crippen molar-refractivity contribution in [3.05, 3.63) is 64.6 Å². The van der Waals surface area contributed by atoms with Crippen LogP contribution in [0.1, 0.15) is 6.92 Å². The van der Waals surface area contributed by atoms with Gasteiger partial charge in [0.15, 0.2) is 0 Å². The lowest BCUT2D eigenvalue weighted by Crippen LogP contribution is -2.21. The molecule has 0 fully saturated rings. The van der Waals surface area contributed by atoms with Gasteiger partial charge >= 0.3 is 0 Å². The van der Waals surface area contributed by atoms with Gasteiger partial charge in [-0.2, -0.15) is 4.98 Å². The molecule has 0 spiro atoms. The maximum Gasteiger partial charge on any atom is 0.225 e. The summed E-state index contributed by atoms with van der Waals surface area (Å²) in [6, 6.07) is 16.7. The lowest BCUT2D eigenvalue weighted by Gasteiger charge is -2.15. The monoisotopic (exact) mass is 388 g/mol. The molecule has 3 aromatic rings. The van der Waals surface area contributed by atoms with Gasteiger partial charge in [0.25, 0.3) is 0 Å². The van der Waals surface area contributed by atoms with E-state index in [-0.39, 0.29) is 12.6 Å². The maximum absolute atomic E-state index is 9.29. The van der Waals surface area contributed by atoms with Crippen molar-refractivity contribution in [2.24, 2.45) is 0 Å². The van der Waals surface area contributed by atoms with Crippen LogP contribution in [0.15, 0.2) is 54.6 Å². The van der Waals surface area contributed by atoms with Crippen LogP contribution in [0.4, 0.5) is 17.5 Å². The molecule has 0 saturated heterocycles. The van der Waals surface area contributed by atoms with Gasteiger partial charge in [-0.15, -0.1) is 0 Å². The van der Waals surface area contributed by atoms with Gasteiger partial charge in [-0.25, -0.2) is 4.98 Å². The third kappa shape index (κ3) is 4.64. The predicted octanol–water partition coefficient (Wildman–Crippen LogP) is 4.99. The van der Waals surface area contributed by atoms with Crippen molar-refractivity contribution in [3.63, 3.8) is 0 Å². The van der Waals surface area contributed by atoms with Crippen molar-refractivity contribution in [3.8, 4) is 11.3 Å². The van der Waals surface area contributed by atoms with Crippen LogP contribution >= 0.6 is 23.2 Å². The number of hydrogen-bond donors (Lipinski definition) is 3. The molecule has 134 valence electrons. The van der Waals surface area contributed by atoms with E-state index < -0.39 is 0 Å². The zero-order chi connectivity index (χ0) is 18.5. The zero-order valence-corrected chi connectivity index (χ0v) is 15.6. The lowest BCUT2D eigenvalue weighted by molar-refractivity contribution is 0.281. The summed E-state index contributed by atoms with van der Waals surface area (Å²) in [5.41, 5.74) is 2.40. The van der Waals surface area contributed by atoms with Crippen molar-refractivity contribution in [2.75, 3.05) is 17.2 Å². The van der Waals surface area contributed by atoms with E-state index in [1.54, 1.807) is 18.2 Å². The second-order valence-electron chi connectivity index (χ2n) is 5.81. The highest BCUT2D eigenvalue weighted by atomic mass is 35.5. The van der Waals surface area contributed by atoms with Gasteiger partial charge in [0, 0.05) is 22.7 Å². The maximum atomic E-state index is 9.29. The minimum atomic E-state index is -0.173. The molecule has 2 aromatic carbocycles. The van der Waals surface area contributed by atoms with Gasteiger partial charge in [-0.05, 0) is 25.1 Å². The summed E-state index contributed by atoms with van der Waals surface area (Å²) in [6.45, 7) is 1.83. The molecule has 7 heteroatoms. The van der Waals surface area contributed by atoms with E-state index >= 15 is 0 Å². The normalized spacial score (nSPS) is 11.8. The van der Waals surface area contributed by atoms with Crippen LogP contribution in [0.25, 0.3) is 11.3 Å². The predicted molar refractivity (Wildman–Crippen MR) is 107 cm³/mol. The second-order valence-corrected chi connectivity index (χ2v) is 6.65. The summed E-state index contributed by atoms with van der Waals surface area (Å²) < 4.78 is 0. The first-order chi connectivity index (χ1) is 12.5. The highest BCUT2D eigenvalue weighted by Crippen LogP contribution is 2.29. The van der Waals surface area contributed by atoms with Gasteiger partial charge < -0.3 is 15.7 Å². The third-order valence-corrected chi connectivity index (χ3v) is 4.19. The van der Waals surface area contributed by atoms with Gasteiger partial charge in [-0.1, -0.05) is 53.5 Å². The van der Waals surface area contributed by atoms with Crippen LogP contribution < -0.4 is 10.6 Å². The minimum absolute atomic E-state index is 0.0231. The van der Waals surface area contributed by atoms with E-state index in [1.165, 1.54) is 0 Å². The highest BCUT2D eigenvalue weighted by Gasteiger charge is 2.10. The molecule has 0 aliphatic carbocycles. The number of aromatic nitrogens is 2. The van der Waals surface area contributed by atoms with E-state index in [0.717, 1.165) is 11.3 Å². The fraction of sp³-hybridized carbons (Fsp3) is 0.158. The van der Waals surface area contributed by atoms with Crippen LogP contribution in [0, 0.1) is 0 Å². The Morgan fingerprint density at radius 3 is 2.50 bits per heavy atom. The Morgan fingerprint density at radius 2 is 1.81 bits per heavy atom. The number of benzene rings is 2. The van der Waals surface area contributed by atoms with Crippen LogP contribution in [0.5, 0.6) is 0 Å². The Labute approximate surface area is 162 Å². The molecule has 26 heavy (non-hydrogen) atoms. The first kappa shape index (κ1) is 18.5. The van der Waals surface area contributed by atoms with Gasteiger partial charge in [0.2, 0.25) is 5.95 Å². The summed E-state index contributed by atoms with van der Waals surface area (Å²) in [5, 5.41) is 16.6. The van der Waals surface area contributed by atoms with E-state index in [1.807, 2.05) is 43.3 Å². The standard InChI is InChI=1S/C19H18Cl2N4O/c1-12(11-26)22-19-24-17(13-5-3-2-4-6-13)10-18(25-19)23-16-8-7-14(20)9-15(16)21/h2-10,12,26H,11H2,1H3,(H2,22,23,24,25)/t12-/m0/s1. The summed E-state index contributed by atoms with van der Waals surface area (Å²) in [5.74, 6) is 0.996. The molecule has 0 saturated carbocycles. The number of halogens is 2. The van der Waals surface area contributed by atoms with Crippen LogP contribution in [-0.2, 0) is 0 Å². The van der Waals surface area contributed by atoms with E-state index in [9.17, 15) is 5.11 Å². The smallest absolute Gasteiger partial charge is 0.225 e. The first-order valence-electron chi connectivity index (χ1n) is 8.09. The number of nitrogens with one attached hydrogen (secondary N) is 2. The second kappa shape index (κ2) is 8.36. The minimum Gasteiger partial charge on any atom is -0.394 e. The van der Waals surface area contributed by atoms with Crippen LogP contribution in [0.2, 0.25) is 10.0 Å². The molecule has 0 unspecified atom stereocenters. The van der Waals surface area contributed by atoms with E-state index in [0.29, 0.717) is 27.5 Å². The number of hydrogen-bond acceptors (Lipinski definition) is 5. The Hall–Kier alpha value is -2.34. The average Bonchev–Trinajstić information content (AvgIpc) is 2.64. The van der Waals surface area contributed by atoms with Crippen molar-refractivity contribution >= 4 is 40.7 Å². The molecule has 1 atom stereocenters. The van der Waals surface area contributed by atoms with Gasteiger partial charge in [0.05, 0.1) is 23.0 Å². The molecule has 1 aromatic heterocycles. The van der Waals surface area contributed by atoms with Crippen LogP contribution in [-0.4, -0.2) is 27.7 Å². The molecular weight excluding hydrogens is 371 g/mol. The molecule has 1 heterocycles. The van der Waals surface area contributed by atoms with Crippen molar-refractivity contribution in [1.82, 2.24) is 9.97 Å². The molecule has 0 aliphatic heterocycles. The molecule has 0 amide bonds. The van der Waals surface area contributed by atoms with Gasteiger partial charge in [0.1, 0.15) is 5.82 Å². The molecule has 0 radical (unpaired) electrons. The van der Waals surface area contributed by atoms with Crippen LogP contribution in [0.3, 0.4) is 0 Å². The Balaban J connectivity index is 1.98. The summed E-state index contributed by atoms with van der Waals surface area (Å²) in [4.78, 5) is 9.01. The fourth-order valence-corrected chi connectivity index (χ4v) is 2.78. The summed E-state index contributed by atoms with van der Waals surface area (Å²) in [7, 11) is 0.